The number of furan rings is 1. The highest BCUT2D eigenvalue weighted by Crippen LogP contribution is 2.24. The van der Waals surface area contributed by atoms with E-state index >= 15 is 0 Å². The highest BCUT2D eigenvalue weighted by molar-refractivity contribution is 5.94. The first-order chi connectivity index (χ1) is 9.58. The standard InChI is InChI=1S/C13H10N2O5/c1-7-11-8(3-2-6-14-11)19-12(7)13(18)20-15-9(16)4-5-10(15)17/h2-6,16-17H,1H3. The van der Waals surface area contributed by atoms with E-state index < -0.39 is 17.7 Å². The molecule has 3 rings (SSSR count). The monoisotopic (exact) mass is 274 g/mol. The third-order valence-corrected chi connectivity index (χ3v) is 2.84. The number of aryl methyl sites for hydroxylation is 1. The highest BCUT2D eigenvalue weighted by Gasteiger charge is 2.22. The third-order valence-electron chi connectivity index (χ3n) is 2.84. The second-order valence-electron chi connectivity index (χ2n) is 4.13. The van der Waals surface area contributed by atoms with Crippen LogP contribution in [-0.2, 0) is 0 Å². The molecule has 0 aromatic carbocycles. The van der Waals surface area contributed by atoms with Crippen LogP contribution < -0.4 is 4.84 Å². The second-order valence-corrected chi connectivity index (χ2v) is 4.13. The Morgan fingerprint density at radius 1 is 1.30 bits per heavy atom. The summed E-state index contributed by atoms with van der Waals surface area (Å²) in [7, 11) is 0. The summed E-state index contributed by atoms with van der Waals surface area (Å²) in [5.41, 5.74) is 1.54. The van der Waals surface area contributed by atoms with Crippen LogP contribution >= 0.6 is 0 Å². The van der Waals surface area contributed by atoms with Crippen molar-refractivity contribution in [3.63, 3.8) is 0 Å². The van der Waals surface area contributed by atoms with Gasteiger partial charge in [-0.15, -0.1) is 4.73 Å². The van der Waals surface area contributed by atoms with E-state index in [2.05, 4.69) is 4.98 Å². The molecule has 0 unspecified atom stereocenters. The zero-order chi connectivity index (χ0) is 14.3. The highest BCUT2D eigenvalue weighted by atomic mass is 16.7. The molecule has 0 fully saturated rings. The van der Waals surface area contributed by atoms with E-state index in [1.54, 1.807) is 25.3 Å². The van der Waals surface area contributed by atoms with Crippen LogP contribution in [0.2, 0.25) is 0 Å². The van der Waals surface area contributed by atoms with Gasteiger partial charge in [0.1, 0.15) is 5.52 Å². The first kappa shape index (κ1) is 12.1. The van der Waals surface area contributed by atoms with Crippen molar-refractivity contribution in [2.45, 2.75) is 6.92 Å². The molecular formula is C13H10N2O5. The number of pyridine rings is 1. The van der Waals surface area contributed by atoms with E-state index in [0.29, 0.717) is 21.4 Å². The maximum Gasteiger partial charge on any atom is 0.399 e. The molecule has 0 saturated heterocycles. The summed E-state index contributed by atoms with van der Waals surface area (Å²) in [5.74, 6) is -1.68. The normalized spacial score (nSPS) is 10.8. The molecule has 3 heterocycles. The smallest absolute Gasteiger partial charge is 0.399 e. The molecule has 3 aromatic rings. The Hall–Kier alpha value is -2.96. The summed E-state index contributed by atoms with van der Waals surface area (Å²) in [6, 6.07) is 5.74. The van der Waals surface area contributed by atoms with Crippen molar-refractivity contribution in [2.24, 2.45) is 0 Å². The van der Waals surface area contributed by atoms with E-state index in [4.69, 9.17) is 9.25 Å². The molecule has 0 saturated carbocycles. The number of carbonyl (C=O) groups is 1. The van der Waals surface area contributed by atoms with Gasteiger partial charge in [0.15, 0.2) is 5.58 Å². The molecule has 3 aromatic heterocycles. The minimum absolute atomic E-state index is 0.0359. The molecule has 0 aliphatic rings. The lowest BCUT2D eigenvalue weighted by Gasteiger charge is -2.05. The Balaban J connectivity index is 1.99. The van der Waals surface area contributed by atoms with Crippen molar-refractivity contribution in [3.05, 3.63) is 41.8 Å². The van der Waals surface area contributed by atoms with Gasteiger partial charge in [-0.1, -0.05) is 0 Å². The molecule has 7 nitrogen and oxygen atoms in total. The maximum absolute atomic E-state index is 12.0. The van der Waals surface area contributed by atoms with Crippen LogP contribution in [0.1, 0.15) is 16.1 Å². The summed E-state index contributed by atoms with van der Waals surface area (Å²) in [5, 5.41) is 18.8. The van der Waals surface area contributed by atoms with Crippen LogP contribution in [0.3, 0.4) is 0 Å². The molecular weight excluding hydrogens is 264 g/mol. The van der Waals surface area contributed by atoms with Crippen molar-refractivity contribution in [2.75, 3.05) is 0 Å². The van der Waals surface area contributed by atoms with Crippen molar-refractivity contribution >= 4 is 17.1 Å². The Morgan fingerprint density at radius 3 is 2.65 bits per heavy atom. The topological polar surface area (TPSA) is 97.7 Å². The van der Waals surface area contributed by atoms with Crippen molar-refractivity contribution in [1.82, 2.24) is 9.71 Å². The largest absolute Gasteiger partial charge is 0.492 e. The third kappa shape index (κ3) is 1.76. The number of hydrogen-bond acceptors (Lipinski definition) is 6. The number of hydrogen-bond donors (Lipinski definition) is 2. The van der Waals surface area contributed by atoms with Gasteiger partial charge in [-0.3, -0.25) is 4.98 Å². The fraction of sp³-hybridized carbons (Fsp3) is 0.0769. The minimum atomic E-state index is -0.845. The Morgan fingerprint density at radius 2 is 2.00 bits per heavy atom. The van der Waals surface area contributed by atoms with Gasteiger partial charge >= 0.3 is 5.97 Å². The lowest BCUT2D eigenvalue weighted by Crippen LogP contribution is -2.19. The Bertz CT molecular complexity index is 783. The van der Waals surface area contributed by atoms with E-state index in [1.165, 1.54) is 12.1 Å². The molecule has 102 valence electrons. The number of rotatable bonds is 2. The van der Waals surface area contributed by atoms with Crippen molar-refractivity contribution in [3.8, 4) is 11.8 Å². The zero-order valence-corrected chi connectivity index (χ0v) is 10.4. The molecule has 0 aliphatic carbocycles. The molecule has 0 aliphatic heterocycles. The Labute approximate surface area is 112 Å². The van der Waals surface area contributed by atoms with Gasteiger partial charge in [0.25, 0.3) is 0 Å². The first-order valence-corrected chi connectivity index (χ1v) is 5.74. The molecule has 0 amide bonds. The van der Waals surface area contributed by atoms with E-state index in [-0.39, 0.29) is 5.76 Å². The van der Waals surface area contributed by atoms with Crippen LogP contribution in [0.15, 0.2) is 34.9 Å². The van der Waals surface area contributed by atoms with E-state index in [1.807, 2.05) is 0 Å². The molecule has 2 N–H and O–H groups in total. The van der Waals surface area contributed by atoms with Crippen LogP contribution in [0.25, 0.3) is 11.1 Å². The molecule has 20 heavy (non-hydrogen) atoms. The van der Waals surface area contributed by atoms with Gasteiger partial charge in [-0.25, -0.2) is 4.79 Å². The van der Waals surface area contributed by atoms with Crippen LogP contribution in [-0.4, -0.2) is 25.9 Å². The van der Waals surface area contributed by atoms with Gasteiger partial charge in [-0.05, 0) is 19.1 Å². The minimum Gasteiger partial charge on any atom is -0.492 e. The lowest BCUT2D eigenvalue weighted by atomic mass is 10.2. The fourth-order valence-corrected chi connectivity index (χ4v) is 1.86. The summed E-state index contributed by atoms with van der Waals surface area (Å²) in [4.78, 5) is 21.0. The summed E-state index contributed by atoms with van der Waals surface area (Å²) >= 11 is 0. The van der Waals surface area contributed by atoms with Crippen LogP contribution in [0.5, 0.6) is 11.8 Å². The van der Waals surface area contributed by atoms with E-state index in [9.17, 15) is 15.0 Å². The van der Waals surface area contributed by atoms with Gasteiger partial charge < -0.3 is 19.5 Å². The average molecular weight is 274 g/mol. The van der Waals surface area contributed by atoms with E-state index in [0.717, 1.165) is 0 Å². The van der Waals surface area contributed by atoms with Gasteiger partial charge in [0.2, 0.25) is 17.5 Å². The second kappa shape index (κ2) is 4.30. The number of fused-ring (bicyclic) bond motifs is 1. The summed E-state index contributed by atoms with van der Waals surface area (Å²) in [6.07, 6.45) is 1.59. The predicted molar refractivity (Wildman–Crippen MR) is 67.4 cm³/mol. The molecule has 0 atom stereocenters. The zero-order valence-electron chi connectivity index (χ0n) is 10.4. The van der Waals surface area contributed by atoms with Crippen molar-refractivity contribution in [1.29, 1.82) is 0 Å². The summed E-state index contributed by atoms with van der Waals surface area (Å²) < 4.78 is 5.98. The Kier molecular flexibility index (Phi) is 2.60. The lowest BCUT2D eigenvalue weighted by molar-refractivity contribution is 0.0348. The number of carbonyl (C=O) groups excluding carboxylic acids is 1. The molecule has 0 radical (unpaired) electrons. The first-order valence-electron chi connectivity index (χ1n) is 5.74. The fourth-order valence-electron chi connectivity index (χ4n) is 1.86. The quantitative estimate of drug-likeness (QED) is 0.736. The van der Waals surface area contributed by atoms with Gasteiger partial charge in [0, 0.05) is 23.9 Å². The molecule has 0 spiro atoms. The predicted octanol–water partition coefficient (Wildman–Crippen LogP) is 1.62. The average Bonchev–Trinajstić information content (AvgIpc) is 2.94. The van der Waals surface area contributed by atoms with Crippen LogP contribution in [0, 0.1) is 6.92 Å². The SMILES string of the molecule is Cc1c(C(=O)On2c(O)ccc2O)oc2cccnc12. The molecule has 7 heteroatoms. The maximum atomic E-state index is 12.0. The number of nitrogens with zero attached hydrogens (tertiary/aromatic N) is 2. The summed E-state index contributed by atoms with van der Waals surface area (Å²) in [6.45, 7) is 1.67. The van der Waals surface area contributed by atoms with Crippen molar-refractivity contribution < 1.29 is 24.3 Å². The number of aromatic nitrogens is 2. The van der Waals surface area contributed by atoms with Crippen LogP contribution in [0.4, 0.5) is 0 Å². The molecule has 0 bridgehead atoms. The number of aromatic hydroxyl groups is 2. The van der Waals surface area contributed by atoms with Gasteiger partial charge in [-0.2, -0.15) is 0 Å². The van der Waals surface area contributed by atoms with Gasteiger partial charge in [0.05, 0.1) is 0 Å².